The number of aryl methyl sites for hydroxylation is 1. The lowest BCUT2D eigenvalue weighted by molar-refractivity contribution is 0.852. The van der Waals surface area contributed by atoms with Crippen molar-refractivity contribution < 1.29 is 0 Å². The standard InChI is InChI=1S/C20H18N4O/c1-14-7-9-16(10-8-14)12-18-22-20-21-17(13-19(25)24(20)23-18)11-15-5-3-2-4-6-15/h2-10,13H,11-12H2,1H3,(H,21,22,23). The molecule has 0 radical (unpaired) electrons. The van der Waals surface area contributed by atoms with Gasteiger partial charge in [0.15, 0.2) is 0 Å². The summed E-state index contributed by atoms with van der Waals surface area (Å²) in [6.45, 7) is 2.06. The van der Waals surface area contributed by atoms with E-state index >= 15 is 0 Å². The highest BCUT2D eigenvalue weighted by Crippen LogP contribution is 2.10. The minimum absolute atomic E-state index is 0.140. The second-order valence-electron chi connectivity index (χ2n) is 6.22. The average molecular weight is 330 g/mol. The minimum atomic E-state index is -0.140. The second-order valence-corrected chi connectivity index (χ2v) is 6.22. The molecule has 0 saturated heterocycles. The summed E-state index contributed by atoms with van der Waals surface area (Å²) in [5, 5.41) is 3.05. The van der Waals surface area contributed by atoms with Crippen LogP contribution in [0.1, 0.15) is 28.2 Å². The van der Waals surface area contributed by atoms with Gasteiger partial charge in [0.1, 0.15) is 5.82 Å². The zero-order valence-corrected chi connectivity index (χ0v) is 13.9. The molecular formula is C20H18N4O. The molecule has 0 aliphatic rings. The molecule has 4 aromatic rings. The number of nitrogens with one attached hydrogen (secondary N) is 1. The van der Waals surface area contributed by atoms with Crippen molar-refractivity contribution in [2.75, 3.05) is 0 Å². The number of aromatic nitrogens is 4. The van der Waals surface area contributed by atoms with Crippen molar-refractivity contribution >= 4 is 5.78 Å². The molecule has 0 unspecified atom stereocenters. The molecular weight excluding hydrogens is 312 g/mol. The predicted octanol–water partition coefficient (Wildman–Crippen LogP) is 2.91. The van der Waals surface area contributed by atoms with Gasteiger partial charge >= 0.3 is 0 Å². The molecule has 124 valence electrons. The summed E-state index contributed by atoms with van der Waals surface area (Å²) < 4.78 is 1.40. The molecule has 5 nitrogen and oxygen atoms in total. The zero-order chi connectivity index (χ0) is 17.2. The largest absolute Gasteiger partial charge is 0.275 e. The van der Waals surface area contributed by atoms with Crippen LogP contribution in [0.25, 0.3) is 5.78 Å². The Morgan fingerprint density at radius 3 is 2.40 bits per heavy atom. The van der Waals surface area contributed by atoms with Gasteiger partial charge in [-0.05, 0) is 18.1 Å². The number of hydrogen-bond donors (Lipinski definition) is 1. The molecule has 1 N–H and O–H groups in total. The van der Waals surface area contributed by atoms with Gasteiger partial charge in [-0.2, -0.15) is 9.50 Å². The van der Waals surface area contributed by atoms with Gasteiger partial charge in [0, 0.05) is 18.9 Å². The lowest BCUT2D eigenvalue weighted by atomic mass is 10.1. The Morgan fingerprint density at radius 1 is 0.920 bits per heavy atom. The van der Waals surface area contributed by atoms with E-state index in [1.54, 1.807) is 6.07 Å². The maximum atomic E-state index is 12.4. The van der Waals surface area contributed by atoms with Gasteiger partial charge in [0.2, 0.25) is 0 Å². The molecule has 0 bridgehead atoms. The molecule has 0 spiro atoms. The molecule has 0 saturated carbocycles. The summed E-state index contributed by atoms with van der Waals surface area (Å²) in [5.74, 6) is 1.14. The summed E-state index contributed by atoms with van der Waals surface area (Å²) in [6, 6.07) is 19.8. The van der Waals surface area contributed by atoms with Crippen LogP contribution in [0.3, 0.4) is 0 Å². The Hall–Kier alpha value is -3.21. The van der Waals surface area contributed by atoms with E-state index in [2.05, 4.69) is 46.3 Å². The quantitative estimate of drug-likeness (QED) is 0.626. The molecule has 0 fully saturated rings. The van der Waals surface area contributed by atoms with Crippen LogP contribution in [-0.2, 0) is 12.8 Å². The Bertz CT molecular complexity index is 1060. The first kappa shape index (κ1) is 15.3. The number of rotatable bonds is 4. The molecule has 0 amide bonds. The highest BCUT2D eigenvalue weighted by molar-refractivity contribution is 5.32. The Kier molecular flexibility index (Phi) is 3.90. The zero-order valence-electron chi connectivity index (χ0n) is 13.9. The third-order valence-electron chi connectivity index (χ3n) is 4.15. The van der Waals surface area contributed by atoms with Crippen LogP contribution in [0.2, 0.25) is 0 Å². The Balaban J connectivity index is 1.64. The number of H-pyrrole nitrogens is 1. The van der Waals surface area contributed by atoms with Crippen LogP contribution < -0.4 is 5.56 Å². The normalized spacial score (nSPS) is 11.1. The van der Waals surface area contributed by atoms with Crippen molar-refractivity contribution in [3.8, 4) is 0 Å². The third-order valence-corrected chi connectivity index (χ3v) is 4.15. The molecule has 2 heterocycles. The highest BCUT2D eigenvalue weighted by atomic mass is 16.1. The van der Waals surface area contributed by atoms with E-state index < -0.39 is 0 Å². The van der Waals surface area contributed by atoms with Crippen molar-refractivity contribution in [2.45, 2.75) is 19.8 Å². The van der Waals surface area contributed by atoms with E-state index in [-0.39, 0.29) is 5.56 Å². The Morgan fingerprint density at radius 2 is 1.64 bits per heavy atom. The Labute approximate surface area is 145 Å². The molecule has 4 rings (SSSR count). The van der Waals surface area contributed by atoms with Gasteiger partial charge in [-0.15, -0.1) is 0 Å². The topological polar surface area (TPSA) is 63.1 Å². The monoisotopic (exact) mass is 330 g/mol. The molecule has 5 heteroatoms. The maximum Gasteiger partial charge on any atom is 0.274 e. The lowest BCUT2D eigenvalue weighted by Crippen LogP contribution is -2.16. The van der Waals surface area contributed by atoms with Crippen LogP contribution in [0.5, 0.6) is 0 Å². The fraction of sp³-hybridized carbons (Fsp3) is 0.150. The number of nitrogens with zero attached hydrogens (tertiary/aromatic N) is 3. The molecule has 2 aromatic carbocycles. The van der Waals surface area contributed by atoms with Gasteiger partial charge in [0.25, 0.3) is 11.3 Å². The van der Waals surface area contributed by atoms with Crippen LogP contribution in [0, 0.1) is 6.92 Å². The van der Waals surface area contributed by atoms with E-state index in [1.165, 1.54) is 10.1 Å². The number of fused-ring (bicyclic) bond motifs is 1. The van der Waals surface area contributed by atoms with Gasteiger partial charge in [-0.1, -0.05) is 60.2 Å². The minimum Gasteiger partial charge on any atom is -0.275 e. The third kappa shape index (κ3) is 3.35. The second kappa shape index (κ2) is 6.36. The van der Waals surface area contributed by atoms with Gasteiger partial charge in [-0.25, -0.2) is 4.98 Å². The summed E-state index contributed by atoms with van der Waals surface area (Å²) in [4.78, 5) is 21.4. The van der Waals surface area contributed by atoms with Crippen molar-refractivity contribution in [1.29, 1.82) is 0 Å². The highest BCUT2D eigenvalue weighted by Gasteiger charge is 2.09. The average Bonchev–Trinajstić information content (AvgIpc) is 3.01. The molecule has 2 aromatic heterocycles. The molecule has 0 aliphatic carbocycles. The number of benzene rings is 2. The molecule has 0 aliphatic heterocycles. The summed E-state index contributed by atoms with van der Waals surface area (Å²) in [5.41, 5.74) is 4.07. The van der Waals surface area contributed by atoms with Crippen molar-refractivity contribution in [2.24, 2.45) is 0 Å². The van der Waals surface area contributed by atoms with Crippen molar-refractivity contribution in [3.05, 3.63) is 99.2 Å². The first-order chi connectivity index (χ1) is 12.2. The number of aromatic amines is 1. The van der Waals surface area contributed by atoms with Gasteiger partial charge in [-0.3, -0.25) is 9.89 Å². The van der Waals surface area contributed by atoms with Crippen molar-refractivity contribution in [1.82, 2.24) is 19.6 Å². The van der Waals surface area contributed by atoms with Gasteiger partial charge < -0.3 is 0 Å². The van der Waals surface area contributed by atoms with Crippen molar-refractivity contribution in [3.63, 3.8) is 0 Å². The fourth-order valence-corrected chi connectivity index (χ4v) is 2.85. The van der Waals surface area contributed by atoms with Gasteiger partial charge in [0.05, 0.1) is 5.69 Å². The van der Waals surface area contributed by atoms with Crippen LogP contribution in [-0.4, -0.2) is 19.6 Å². The van der Waals surface area contributed by atoms with E-state index in [4.69, 9.17) is 0 Å². The van der Waals surface area contributed by atoms with Crippen LogP contribution in [0.15, 0.2) is 65.5 Å². The first-order valence-electron chi connectivity index (χ1n) is 8.24. The first-order valence-corrected chi connectivity index (χ1v) is 8.24. The van der Waals surface area contributed by atoms with Crippen LogP contribution in [0.4, 0.5) is 0 Å². The summed E-state index contributed by atoms with van der Waals surface area (Å²) in [7, 11) is 0. The van der Waals surface area contributed by atoms with E-state index in [0.717, 1.165) is 22.6 Å². The maximum absolute atomic E-state index is 12.4. The smallest absolute Gasteiger partial charge is 0.274 e. The van der Waals surface area contributed by atoms with Crippen LogP contribution >= 0.6 is 0 Å². The summed E-state index contributed by atoms with van der Waals surface area (Å²) >= 11 is 0. The lowest BCUT2D eigenvalue weighted by Gasteiger charge is -2.00. The SMILES string of the molecule is Cc1ccc(Cc2nc3nc(Cc4ccccc4)cc(=O)n3[nH]2)cc1. The van der Waals surface area contributed by atoms with E-state index in [1.807, 2.05) is 30.3 Å². The van der Waals surface area contributed by atoms with E-state index in [0.29, 0.717) is 18.6 Å². The fourth-order valence-electron chi connectivity index (χ4n) is 2.85. The van der Waals surface area contributed by atoms with E-state index in [9.17, 15) is 4.79 Å². The number of hydrogen-bond acceptors (Lipinski definition) is 3. The molecule has 0 atom stereocenters. The molecule has 25 heavy (non-hydrogen) atoms. The predicted molar refractivity (Wildman–Crippen MR) is 96.8 cm³/mol. The summed E-state index contributed by atoms with van der Waals surface area (Å²) in [6.07, 6.45) is 1.25.